The number of rotatable bonds is 8. The number of nitrogens with one attached hydrogen (secondary N) is 1. The van der Waals surface area contributed by atoms with Crippen LogP contribution < -0.4 is 5.32 Å². The van der Waals surface area contributed by atoms with Crippen molar-refractivity contribution in [1.29, 1.82) is 0 Å². The van der Waals surface area contributed by atoms with Crippen molar-refractivity contribution in [1.82, 2.24) is 10.2 Å². The van der Waals surface area contributed by atoms with Gasteiger partial charge in [0.25, 0.3) is 0 Å². The van der Waals surface area contributed by atoms with E-state index in [1.54, 1.807) is 19.4 Å². The Labute approximate surface area is 157 Å². The van der Waals surface area contributed by atoms with Gasteiger partial charge in [0, 0.05) is 36.9 Å². The van der Waals surface area contributed by atoms with Crippen LogP contribution in [0.2, 0.25) is 10.0 Å². The predicted octanol–water partition coefficient (Wildman–Crippen LogP) is 4.50. The summed E-state index contributed by atoms with van der Waals surface area (Å²) in [4.78, 5) is 2.01. The number of hydrogen-bond donors (Lipinski definition) is 1. The highest BCUT2D eigenvalue weighted by Gasteiger charge is 2.14. The average Bonchev–Trinajstić information content (AvgIpc) is 3.06. The summed E-state index contributed by atoms with van der Waals surface area (Å²) in [6.07, 6.45) is 2.53. The minimum atomic E-state index is 0.558. The molecule has 0 aliphatic heterocycles. The summed E-state index contributed by atoms with van der Waals surface area (Å²) in [5, 5.41) is 5.13. The molecule has 0 aliphatic carbocycles. The molecule has 7 heteroatoms. The number of thiocarbonyl (C=S) groups is 1. The van der Waals surface area contributed by atoms with Crippen LogP contribution in [-0.2, 0) is 17.8 Å². The Bertz CT molecular complexity index is 650. The molecule has 0 unspecified atom stereocenters. The van der Waals surface area contributed by atoms with E-state index in [1.807, 2.05) is 29.2 Å². The molecule has 1 heterocycles. The van der Waals surface area contributed by atoms with Crippen LogP contribution in [0.15, 0.2) is 41.0 Å². The van der Waals surface area contributed by atoms with Gasteiger partial charge < -0.3 is 19.4 Å². The minimum Gasteiger partial charge on any atom is -0.467 e. The zero-order valence-corrected chi connectivity index (χ0v) is 15.8. The van der Waals surface area contributed by atoms with Gasteiger partial charge in [-0.25, -0.2) is 0 Å². The molecule has 1 aromatic heterocycles. The maximum atomic E-state index is 6.29. The smallest absolute Gasteiger partial charge is 0.169 e. The minimum absolute atomic E-state index is 0.558. The van der Waals surface area contributed by atoms with Gasteiger partial charge >= 0.3 is 0 Å². The van der Waals surface area contributed by atoms with Gasteiger partial charge in [-0.3, -0.25) is 0 Å². The third-order valence-electron chi connectivity index (χ3n) is 3.39. The molecule has 0 amide bonds. The van der Waals surface area contributed by atoms with Crippen LogP contribution in [0.3, 0.4) is 0 Å². The Balaban J connectivity index is 2.05. The van der Waals surface area contributed by atoms with Crippen molar-refractivity contribution in [3.8, 4) is 0 Å². The first-order valence-corrected chi connectivity index (χ1v) is 8.74. The van der Waals surface area contributed by atoms with Gasteiger partial charge in [0.2, 0.25) is 0 Å². The summed E-state index contributed by atoms with van der Waals surface area (Å²) >= 11 is 17.8. The van der Waals surface area contributed by atoms with E-state index >= 15 is 0 Å². The fourth-order valence-electron chi connectivity index (χ4n) is 2.17. The van der Waals surface area contributed by atoms with Gasteiger partial charge in [0.15, 0.2) is 5.11 Å². The molecule has 0 bridgehead atoms. The van der Waals surface area contributed by atoms with Crippen molar-refractivity contribution >= 4 is 40.5 Å². The summed E-state index contributed by atoms with van der Waals surface area (Å²) in [7, 11) is 1.68. The second-order valence-electron chi connectivity index (χ2n) is 5.25. The van der Waals surface area contributed by atoms with Crippen LogP contribution in [-0.4, -0.2) is 30.3 Å². The van der Waals surface area contributed by atoms with Gasteiger partial charge in [0.1, 0.15) is 5.76 Å². The Kier molecular flexibility index (Phi) is 7.85. The van der Waals surface area contributed by atoms with Crippen molar-refractivity contribution in [3.63, 3.8) is 0 Å². The third kappa shape index (κ3) is 5.98. The number of ether oxygens (including phenoxy) is 1. The number of nitrogens with zero attached hydrogens (tertiary/aromatic N) is 1. The molecular formula is C17H20Cl2N2O2S. The first-order chi connectivity index (χ1) is 11.6. The molecule has 2 rings (SSSR count). The van der Waals surface area contributed by atoms with Crippen molar-refractivity contribution in [2.24, 2.45) is 0 Å². The topological polar surface area (TPSA) is 37.6 Å². The molecule has 0 fully saturated rings. The van der Waals surface area contributed by atoms with E-state index < -0.39 is 0 Å². The van der Waals surface area contributed by atoms with E-state index in [-0.39, 0.29) is 0 Å². The van der Waals surface area contributed by atoms with Crippen molar-refractivity contribution in [3.05, 3.63) is 58.0 Å². The third-order valence-corrected chi connectivity index (χ3v) is 4.38. The maximum absolute atomic E-state index is 6.29. The summed E-state index contributed by atoms with van der Waals surface area (Å²) in [5.41, 5.74) is 0.952. The summed E-state index contributed by atoms with van der Waals surface area (Å²) in [6.45, 7) is 2.56. The molecule has 0 saturated carbocycles. The molecule has 0 saturated heterocycles. The van der Waals surface area contributed by atoms with Crippen LogP contribution in [0.5, 0.6) is 0 Å². The van der Waals surface area contributed by atoms with Gasteiger partial charge in [-0.15, -0.1) is 0 Å². The highest BCUT2D eigenvalue weighted by Crippen LogP contribution is 2.23. The second-order valence-corrected chi connectivity index (χ2v) is 6.48. The largest absolute Gasteiger partial charge is 0.467 e. The van der Waals surface area contributed by atoms with Gasteiger partial charge in [-0.1, -0.05) is 29.3 Å². The zero-order chi connectivity index (χ0) is 17.4. The SMILES string of the molecule is COCCCNC(=S)N(Cc1ccco1)Cc1ccc(Cl)cc1Cl. The fraction of sp³-hybridized carbons (Fsp3) is 0.353. The normalized spacial score (nSPS) is 10.6. The number of halogens is 2. The molecule has 0 radical (unpaired) electrons. The predicted molar refractivity (Wildman–Crippen MR) is 102 cm³/mol. The first-order valence-electron chi connectivity index (χ1n) is 7.58. The quantitative estimate of drug-likeness (QED) is 0.533. The summed E-state index contributed by atoms with van der Waals surface area (Å²) in [5.74, 6) is 0.834. The van der Waals surface area contributed by atoms with Crippen LogP contribution in [0.25, 0.3) is 0 Å². The lowest BCUT2D eigenvalue weighted by Gasteiger charge is -2.25. The van der Waals surface area contributed by atoms with Gasteiger partial charge in [-0.05, 0) is 48.5 Å². The van der Waals surface area contributed by atoms with E-state index in [2.05, 4.69) is 5.32 Å². The lowest BCUT2D eigenvalue weighted by atomic mass is 10.2. The van der Waals surface area contributed by atoms with E-state index in [9.17, 15) is 0 Å². The highest BCUT2D eigenvalue weighted by molar-refractivity contribution is 7.80. The van der Waals surface area contributed by atoms with Crippen molar-refractivity contribution in [2.75, 3.05) is 20.3 Å². The van der Waals surface area contributed by atoms with Crippen LogP contribution in [0.4, 0.5) is 0 Å². The van der Waals surface area contributed by atoms with E-state index in [1.165, 1.54) is 0 Å². The zero-order valence-electron chi connectivity index (χ0n) is 13.4. The van der Waals surface area contributed by atoms with Crippen molar-refractivity contribution < 1.29 is 9.15 Å². The van der Waals surface area contributed by atoms with Crippen LogP contribution in [0.1, 0.15) is 17.7 Å². The summed E-state index contributed by atoms with van der Waals surface area (Å²) < 4.78 is 10.5. The first kappa shape index (κ1) is 19.1. The van der Waals surface area contributed by atoms with Crippen molar-refractivity contribution in [2.45, 2.75) is 19.5 Å². The second kappa shape index (κ2) is 9.89. The lowest BCUT2D eigenvalue weighted by Crippen LogP contribution is -2.39. The number of furan rings is 1. The maximum Gasteiger partial charge on any atom is 0.169 e. The molecule has 1 aromatic carbocycles. The molecule has 0 aliphatic rings. The molecule has 0 spiro atoms. The summed E-state index contributed by atoms with van der Waals surface area (Å²) in [6, 6.07) is 9.25. The highest BCUT2D eigenvalue weighted by atomic mass is 35.5. The average molecular weight is 387 g/mol. The van der Waals surface area contributed by atoms with Gasteiger partial charge in [-0.2, -0.15) is 0 Å². The van der Waals surface area contributed by atoms with Crippen LogP contribution in [0, 0.1) is 0 Å². The number of methoxy groups -OCH3 is 1. The lowest BCUT2D eigenvalue weighted by molar-refractivity contribution is 0.195. The van der Waals surface area contributed by atoms with Gasteiger partial charge in [0.05, 0.1) is 12.8 Å². The number of benzene rings is 1. The van der Waals surface area contributed by atoms with E-state index in [4.69, 9.17) is 44.6 Å². The monoisotopic (exact) mass is 386 g/mol. The Hall–Kier alpha value is -1.27. The molecule has 1 N–H and O–H groups in total. The Morgan fingerprint density at radius 1 is 1.29 bits per heavy atom. The molecule has 2 aromatic rings. The number of hydrogen-bond acceptors (Lipinski definition) is 3. The fourth-order valence-corrected chi connectivity index (χ4v) is 2.87. The molecule has 0 atom stereocenters. The molecule has 130 valence electrons. The van der Waals surface area contributed by atoms with E-state index in [0.717, 1.165) is 24.3 Å². The van der Waals surface area contributed by atoms with E-state index in [0.29, 0.717) is 34.9 Å². The molecule has 4 nitrogen and oxygen atoms in total. The Morgan fingerprint density at radius 2 is 2.12 bits per heavy atom. The molecule has 24 heavy (non-hydrogen) atoms. The van der Waals surface area contributed by atoms with Crippen LogP contribution >= 0.6 is 35.4 Å². The standard InChI is InChI=1S/C17H20Cl2N2O2S/c1-22-8-3-7-20-17(24)21(12-15-4-2-9-23-15)11-13-5-6-14(18)10-16(13)19/h2,4-6,9-10H,3,7-8,11-12H2,1H3,(H,20,24). The molecular weight excluding hydrogens is 367 g/mol. The Morgan fingerprint density at radius 3 is 2.79 bits per heavy atom.